The second-order valence-electron chi connectivity index (χ2n) is 10.5. The second-order valence-corrected chi connectivity index (χ2v) is 10.5. The third kappa shape index (κ3) is 6.84. The van der Waals surface area contributed by atoms with Crippen molar-refractivity contribution < 1.29 is 24.5 Å². The predicted molar refractivity (Wildman–Crippen MR) is 138 cm³/mol. The smallest absolute Gasteiger partial charge is 0.410 e. The van der Waals surface area contributed by atoms with Crippen LogP contribution in [0, 0.1) is 5.92 Å². The van der Waals surface area contributed by atoms with E-state index < -0.39 is 35.8 Å². The van der Waals surface area contributed by atoms with Gasteiger partial charge in [-0.25, -0.2) is 4.79 Å². The fourth-order valence-electron chi connectivity index (χ4n) is 4.66. The van der Waals surface area contributed by atoms with Gasteiger partial charge in [-0.3, -0.25) is 4.79 Å². The fourth-order valence-corrected chi connectivity index (χ4v) is 4.66. The molecular formula is C28H39N3O5. The molecule has 8 heteroatoms. The van der Waals surface area contributed by atoms with E-state index >= 15 is 0 Å². The van der Waals surface area contributed by atoms with Crippen LogP contribution in [0.25, 0.3) is 0 Å². The lowest BCUT2D eigenvalue weighted by atomic mass is 9.86. The van der Waals surface area contributed by atoms with Gasteiger partial charge in [-0.2, -0.15) is 0 Å². The molecule has 3 rings (SSSR count). The van der Waals surface area contributed by atoms with Crippen molar-refractivity contribution in [3.05, 3.63) is 71.8 Å². The average Bonchev–Trinajstić information content (AvgIpc) is 2.87. The SMILES string of the molecule is CN(C(=O)[C@H](N)C(O)C1CCN(C(=O)OC(C)(C)C)CC1)[C@@H](c1ccccc1)C(O)c1ccccc1. The van der Waals surface area contributed by atoms with Gasteiger partial charge in [0.1, 0.15) is 17.7 Å². The zero-order valence-corrected chi connectivity index (χ0v) is 21.6. The summed E-state index contributed by atoms with van der Waals surface area (Å²) in [4.78, 5) is 28.8. The quantitative estimate of drug-likeness (QED) is 0.541. The number of nitrogens with two attached hydrogens (primary N) is 1. The molecule has 4 atom stereocenters. The van der Waals surface area contributed by atoms with Crippen LogP contribution >= 0.6 is 0 Å². The van der Waals surface area contributed by atoms with Crippen molar-refractivity contribution in [2.75, 3.05) is 20.1 Å². The van der Waals surface area contributed by atoms with Gasteiger partial charge in [0.05, 0.1) is 12.1 Å². The zero-order valence-electron chi connectivity index (χ0n) is 21.6. The Morgan fingerprint density at radius 1 is 0.972 bits per heavy atom. The Morgan fingerprint density at radius 2 is 1.47 bits per heavy atom. The molecule has 0 radical (unpaired) electrons. The van der Waals surface area contributed by atoms with E-state index in [0.717, 1.165) is 5.56 Å². The molecule has 36 heavy (non-hydrogen) atoms. The number of hydrogen-bond donors (Lipinski definition) is 3. The van der Waals surface area contributed by atoms with Gasteiger partial charge >= 0.3 is 6.09 Å². The Labute approximate surface area is 213 Å². The number of nitrogens with zero attached hydrogens (tertiary/aromatic N) is 2. The molecule has 2 amide bonds. The number of amides is 2. The summed E-state index contributed by atoms with van der Waals surface area (Å²) in [6.07, 6.45) is -1.41. The van der Waals surface area contributed by atoms with Crippen molar-refractivity contribution >= 4 is 12.0 Å². The van der Waals surface area contributed by atoms with Crippen LogP contribution in [0.4, 0.5) is 4.79 Å². The number of carbonyl (C=O) groups excluding carboxylic acids is 2. The summed E-state index contributed by atoms with van der Waals surface area (Å²) in [6.45, 7) is 6.30. The monoisotopic (exact) mass is 497 g/mol. The van der Waals surface area contributed by atoms with Crippen LogP contribution in [-0.4, -0.2) is 69.9 Å². The first kappa shape index (κ1) is 27.6. The van der Waals surface area contributed by atoms with Gasteiger partial charge in [0.2, 0.25) is 5.91 Å². The van der Waals surface area contributed by atoms with Gasteiger partial charge in [-0.05, 0) is 50.7 Å². The molecule has 2 unspecified atom stereocenters. The van der Waals surface area contributed by atoms with Crippen molar-refractivity contribution in [1.29, 1.82) is 0 Å². The van der Waals surface area contributed by atoms with Crippen molar-refractivity contribution in [1.82, 2.24) is 9.80 Å². The number of aliphatic hydroxyl groups is 2. The predicted octanol–water partition coefficient (Wildman–Crippen LogP) is 3.26. The fraction of sp³-hybridized carbons (Fsp3) is 0.500. The maximum absolute atomic E-state index is 13.5. The van der Waals surface area contributed by atoms with Gasteiger partial charge in [0.15, 0.2) is 0 Å². The van der Waals surface area contributed by atoms with E-state index in [-0.39, 0.29) is 12.0 Å². The average molecular weight is 498 g/mol. The number of carbonyl (C=O) groups is 2. The molecule has 0 bridgehead atoms. The van der Waals surface area contributed by atoms with Crippen LogP contribution in [0.15, 0.2) is 60.7 Å². The standard InChI is InChI=1S/C28H39N3O5/c1-28(2,3)36-27(35)31-17-15-21(16-18-31)24(32)22(29)26(34)30(4)23(19-11-7-5-8-12-19)25(33)20-13-9-6-10-14-20/h5-14,21-25,32-33H,15-18,29H2,1-4H3/t22-,23+,24?,25?/m1/s1. The van der Waals surface area contributed by atoms with E-state index in [1.807, 2.05) is 81.4 Å². The first-order chi connectivity index (χ1) is 17.0. The molecule has 4 N–H and O–H groups in total. The van der Waals surface area contributed by atoms with Crippen LogP contribution < -0.4 is 5.73 Å². The summed E-state index contributed by atoms with van der Waals surface area (Å²) in [5, 5.41) is 22.2. The number of benzene rings is 2. The Kier molecular flexibility index (Phi) is 9.11. The van der Waals surface area contributed by atoms with Crippen LogP contribution in [0.3, 0.4) is 0 Å². The number of likely N-dealkylation sites (tertiary alicyclic amines) is 1. The molecule has 1 aliphatic heterocycles. The summed E-state index contributed by atoms with van der Waals surface area (Å²) in [6, 6.07) is 16.6. The Hall–Kier alpha value is -2.94. The number of aliphatic hydroxyl groups excluding tert-OH is 2. The largest absolute Gasteiger partial charge is 0.444 e. The van der Waals surface area contributed by atoms with E-state index in [1.54, 1.807) is 11.9 Å². The lowest BCUT2D eigenvalue weighted by Gasteiger charge is -2.38. The summed E-state index contributed by atoms with van der Waals surface area (Å²) in [5.74, 6) is -0.689. The van der Waals surface area contributed by atoms with Gasteiger partial charge in [-0.15, -0.1) is 0 Å². The van der Waals surface area contributed by atoms with E-state index in [9.17, 15) is 19.8 Å². The second kappa shape index (κ2) is 11.9. The van der Waals surface area contributed by atoms with E-state index in [4.69, 9.17) is 10.5 Å². The summed E-state index contributed by atoms with van der Waals surface area (Å²) in [5.41, 5.74) is 7.16. The summed E-state index contributed by atoms with van der Waals surface area (Å²) >= 11 is 0. The minimum absolute atomic E-state index is 0.231. The highest BCUT2D eigenvalue weighted by Crippen LogP contribution is 2.34. The molecule has 2 aromatic rings. The van der Waals surface area contributed by atoms with Gasteiger partial charge in [-0.1, -0.05) is 60.7 Å². The van der Waals surface area contributed by atoms with Gasteiger partial charge < -0.3 is 30.5 Å². The van der Waals surface area contributed by atoms with Crippen molar-refractivity contribution in [2.24, 2.45) is 11.7 Å². The molecule has 0 saturated carbocycles. The lowest BCUT2D eigenvalue weighted by Crippen LogP contribution is -2.54. The van der Waals surface area contributed by atoms with Crippen LogP contribution in [0.1, 0.15) is 56.9 Å². The van der Waals surface area contributed by atoms with Gasteiger partial charge in [0, 0.05) is 20.1 Å². The molecule has 1 saturated heterocycles. The Balaban J connectivity index is 1.69. The molecule has 2 aromatic carbocycles. The van der Waals surface area contributed by atoms with Crippen LogP contribution in [-0.2, 0) is 9.53 Å². The normalized spacial score (nSPS) is 18.1. The molecule has 196 valence electrons. The van der Waals surface area contributed by atoms with Crippen LogP contribution in [0.2, 0.25) is 0 Å². The number of hydrogen-bond acceptors (Lipinski definition) is 6. The number of likely N-dealkylation sites (N-methyl/N-ethyl adjacent to an activating group) is 1. The molecule has 0 aromatic heterocycles. The molecule has 1 heterocycles. The molecular weight excluding hydrogens is 458 g/mol. The highest BCUT2D eigenvalue weighted by atomic mass is 16.6. The van der Waals surface area contributed by atoms with E-state index in [2.05, 4.69) is 0 Å². The molecule has 8 nitrogen and oxygen atoms in total. The molecule has 0 aliphatic carbocycles. The van der Waals surface area contributed by atoms with Crippen LogP contribution in [0.5, 0.6) is 0 Å². The van der Waals surface area contributed by atoms with Gasteiger partial charge in [0.25, 0.3) is 0 Å². The maximum atomic E-state index is 13.5. The Bertz CT molecular complexity index is 987. The third-order valence-electron chi connectivity index (χ3n) is 6.67. The summed E-state index contributed by atoms with van der Waals surface area (Å²) < 4.78 is 5.43. The number of rotatable bonds is 7. The molecule has 1 aliphatic rings. The van der Waals surface area contributed by atoms with Crippen molar-refractivity contribution in [2.45, 2.75) is 63.5 Å². The topological polar surface area (TPSA) is 116 Å². The lowest BCUT2D eigenvalue weighted by molar-refractivity contribution is -0.140. The van der Waals surface area contributed by atoms with Crippen molar-refractivity contribution in [3.8, 4) is 0 Å². The minimum Gasteiger partial charge on any atom is -0.444 e. The first-order valence-corrected chi connectivity index (χ1v) is 12.5. The first-order valence-electron chi connectivity index (χ1n) is 12.5. The minimum atomic E-state index is -1.16. The number of ether oxygens (including phenoxy) is 1. The molecule has 1 fully saturated rings. The van der Waals surface area contributed by atoms with E-state index in [1.165, 1.54) is 4.90 Å². The number of piperidine rings is 1. The highest BCUT2D eigenvalue weighted by molar-refractivity contribution is 5.82. The molecule has 0 spiro atoms. The highest BCUT2D eigenvalue weighted by Gasteiger charge is 2.38. The maximum Gasteiger partial charge on any atom is 0.410 e. The third-order valence-corrected chi connectivity index (χ3v) is 6.67. The summed E-state index contributed by atoms with van der Waals surface area (Å²) in [7, 11) is 1.60. The van der Waals surface area contributed by atoms with E-state index in [0.29, 0.717) is 31.5 Å². The Morgan fingerprint density at radius 3 is 1.97 bits per heavy atom. The zero-order chi connectivity index (χ0) is 26.5. The van der Waals surface area contributed by atoms with Crippen molar-refractivity contribution in [3.63, 3.8) is 0 Å².